The van der Waals surface area contributed by atoms with Gasteiger partial charge in [0.15, 0.2) is 0 Å². The molecule has 0 aliphatic carbocycles. The van der Waals surface area contributed by atoms with E-state index in [0.29, 0.717) is 19.0 Å². The van der Waals surface area contributed by atoms with Gasteiger partial charge in [-0.25, -0.2) is 5.90 Å². The predicted octanol–water partition coefficient (Wildman–Crippen LogP) is 0.661. The van der Waals surface area contributed by atoms with Gasteiger partial charge < -0.3 is 14.7 Å². The third-order valence-corrected chi connectivity index (χ3v) is 1.29. The van der Waals surface area contributed by atoms with Crippen LogP contribution in [0.1, 0.15) is 0 Å². The third-order valence-electron chi connectivity index (χ3n) is 1.29. The lowest BCUT2D eigenvalue weighted by atomic mass is 10.3. The van der Waals surface area contributed by atoms with Crippen LogP contribution in [0.5, 0.6) is 11.5 Å². The minimum absolute atomic E-state index is 0.182. The van der Waals surface area contributed by atoms with Crippen LogP contribution >= 0.6 is 0 Å². The Bertz CT molecular complexity index is 239. The van der Waals surface area contributed by atoms with Crippen molar-refractivity contribution < 1.29 is 14.7 Å². The highest BCUT2D eigenvalue weighted by molar-refractivity contribution is 5.31. The summed E-state index contributed by atoms with van der Waals surface area (Å²) in [5.41, 5.74) is 0. The molecule has 0 aliphatic heterocycles. The molecule has 0 radical (unpaired) electrons. The van der Waals surface area contributed by atoms with Crippen LogP contribution < -0.4 is 10.6 Å². The van der Waals surface area contributed by atoms with Crippen molar-refractivity contribution in [2.75, 3.05) is 13.2 Å². The van der Waals surface area contributed by atoms with E-state index in [0.717, 1.165) is 0 Å². The second kappa shape index (κ2) is 4.58. The highest BCUT2D eigenvalue weighted by Crippen LogP contribution is 2.17. The zero-order valence-corrected chi connectivity index (χ0v) is 6.56. The first-order valence-electron chi connectivity index (χ1n) is 3.56. The SMILES string of the molecule is NOCCOc1cccc(O)c1. The van der Waals surface area contributed by atoms with Crippen LogP contribution in [0.4, 0.5) is 0 Å². The van der Waals surface area contributed by atoms with E-state index in [4.69, 9.17) is 15.7 Å². The number of aromatic hydroxyl groups is 1. The molecule has 0 fully saturated rings. The van der Waals surface area contributed by atoms with Crippen molar-refractivity contribution in [3.63, 3.8) is 0 Å². The minimum Gasteiger partial charge on any atom is -0.508 e. The molecular formula is C8H11NO3. The largest absolute Gasteiger partial charge is 0.508 e. The molecule has 1 rings (SSSR count). The van der Waals surface area contributed by atoms with Gasteiger partial charge in [-0.15, -0.1) is 0 Å². The van der Waals surface area contributed by atoms with Gasteiger partial charge in [0.05, 0.1) is 0 Å². The molecule has 1 aromatic rings. The van der Waals surface area contributed by atoms with Crippen molar-refractivity contribution in [1.82, 2.24) is 0 Å². The maximum Gasteiger partial charge on any atom is 0.123 e. The number of phenols is 1. The summed E-state index contributed by atoms with van der Waals surface area (Å²) in [5.74, 6) is 5.58. The summed E-state index contributed by atoms with van der Waals surface area (Å²) < 4.78 is 5.16. The van der Waals surface area contributed by atoms with Gasteiger partial charge in [0.25, 0.3) is 0 Å². The molecular weight excluding hydrogens is 158 g/mol. The molecule has 3 N–H and O–H groups in total. The molecule has 0 amide bonds. The molecule has 12 heavy (non-hydrogen) atoms. The number of hydrogen-bond donors (Lipinski definition) is 2. The summed E-state index contributed by atoms with van der Waals surface area (Å²) >= 11 is 0. The molecule has 0 saturated carbocycles. The Morgan fingerprint density at radius 3 is 2.83 bits per heavy atom. The quantitative estimate of drug-likeness (QED) is 0.513. The molecule has 4 nitrogen and oxygen atoms in total. The smallest absolute Gasteiger partial charge is 0.123 e. The fourth-order valence-corrected chi connectivity index (χ4v) is 0.781. The molecule has 0 aromatic heterocycles. The van der Waals surface area contributed by atoms with Crippen LogP contribution in [0.3, 0.4) is 0 Å². The topological polar surface area (TPSA) is 64.7 Å². The van der Waals surface area contributed by atoms with Crippen molar-refractivity contribution >= 4 is 0 Å². The third kappa shape index (κ3) is 2.77. The highest BCUT2D eigenvalue weighted by atomic mass is 16.6. The summed E-state index contributed by atoms with van der Waals surface area (Å²) in [4.78, 5) is 4.31. The Balaban J connectivity index is 2.41. The Labute approximate surface area is 70.5 Å². The first-order valence-corrected chi connectivity index (χ1v) is 3.56. The average molecular weight is 169 g/mol. The van der Waals surface area contributed by atoms with Crippen LogP contribution in [-0.2, 0) is 4.84 Å². The first kappa shape index (κ1) is 8.83. The Kier molecular flexibility index (Phi) is 3.37. The molecule has 0 heterocycles. The second-order valence-corrected chi connectivity index (χ2v) is 2.22. The second-order valence-electron chi connectivity index (χ2n) is 2.22. The van der Waals surface area contributed by atoms with E-state index in [1.54, 1.807) is 18.2 Å². The van der Waals surface area contributed by atoms with Gasteiger partial charge in [-0.1, -0.05) is 6.07 Å². The lowest BCUT2D eigenvalue weighted by molar-refractivity contribution is 0.102. The van der Waals surface area contributed by atoms with Crippen molar-refractivity contribution in [2.24, 2.45) is 5.90 Å². The number of phenolic OH excluding ortho intramolecular Hbond substituents is 1. The Morgan fingerprint density at radius 1 is 1.33 bits per heavy atom. The Morgan fingerprint density at radius 2 is 2.17 bits per heavy atom. The summed E-state index contributed by atoms with van der Waals surface area (Å²) in [6.07, 6.45) is 0. The van der Waals surface area contributed by atoms with Crippen LogP contribution in [0.2, 0.25) is 0 Å². The van der Waals surface area contributed by atoms with Gasteiger partial charge in [0.2, 0.25) is 0 Å². The molecule has 4 heteroatoms. The molecule has 0 spiro atoms. The van der Waals surface area contributed by atoms with E-state index in [9.17, 15) is 0 Å². The lowest BCUT2D eigenvalue weighted by Gasteiger charge is -2.04. The number of benzene rings is 1. The van der Waals surface area contributed by atoms with E-state index < -0.39 is 0 Å². The highest BCUT2D eigenvalue weighted by Gasteiger charge is 1.93. The minimum atomic E-state index is 0.182. The fraction of sp³-hybridized carbons (Fsp3) is 0.250. The van der Waals surface area contributed by atoms with E-state index in [1.807, 2.05) is 0 Å². The van der Waals surface area contributed by atoms with E-state index in [2.05, 4.69) is 4.84 Å². The van der Waals surface area contributed by atoms with Crippen LogP contribution in [0.15, 0.2) is 24.3 Å². The summed E-state index contributed by atoms with van der Waals surface area (Å²) in [6, 6.07) is 6.55. The molecule has 0 atom stereocenters. The van der Waals surface area contributed by atoms with Gasteiger partial charge in [-0.05, 0) is 12.1 Å². The monoisotopic (exact) mass is 169 g/mol. The number of ether oxygens (including phenoxy) is 1. The van der Waals surface area contributed by atoms with Gasteiger partial charge in [-0.3, -0.25) is 0 Å². The van der Waals surface area contributed by atoms with E-state index in [-0.39, 0.29) is 5.75 Å². The van der Waals surface area contributed by atoms with Gasteiger partial charge >= 0.3 is 0 Å². The van der Waals surface area contributed by atoms with Crippen molar-refractivity contribution in [2.45, 2.75) is 0 Å². The standard InChI is InChI=1S/C8H11NO3/c9-12-5-4-11-8-3-1-2-7(10)6-8/h1-3,6,10H,4-5,9H2. The number of rotatable bonds is 4. The average Bonchev–Trinajstić information content (AvgIpc) is 2.05. The predicted molar refractivity (Wildman–Crippen MR) is 43.7 cm³/mol. The van der Waals surface area contributed by atoms with Gasteiger partial charge in [0.1, 0.15) is 24.7 Å². The summed E-state index contributed by atoms with van der Waals surface area (Å²) in [5, 5.41) is 9.03. The first-order chi connectivity index (χ1) is 5.83. The summed E-state index contributed by atoms with van der Waals surface area (Å²) in [7, 11) is 0. The Hall–Kier alpha value is -1.26. The fourth-order valence-electron chi connectivity index (χ4n) is 0.781. The van der Waals surface area contributed by atoms with E-state index in [1.165, 1.54) is 6.07 Å². The van der Waals surface area contributed by atoms with Crippen LogP contribution in [0, 0.1) is 0 Å². The summed E-state index contributed by atoms with van der Waals surface area (Å²) in [6.45, 7) is 0.704. The van der Waals surface area contributed by atoms with Gasteiger partial charge in [0, 0.05) is 6.07 Å². The number of nitrogens with two attached hydrogens (primary N) is 1. The number of hydrogen-bond acceptors (Lipinski definition) is 4. The van der Waals surface area contributed by atoms with E-state index >= 15 is 0 Å². The van der Waals surface area contributed by atoms with Crippen LogP contribution in [0.25, 0.3) is 0 Å². The zero-order valence-electron chi connectivity index (χ0n) is 6.56. The normalized spacial score (nSPS) is 9.75. The molecule has 0 bridgehead atoms. The lowest BCUT2D eigenvalue weighted by Crippen LogP contribution is -2.09. The van der Waals surface area contributed by atoms with Gasteiger partial charge in [-0.2, -0.15) is 0 Å². The van der Waals surface area contributed by atoms with Crippen molar-refractivity contribution in [3.05, 3.63) is 24.3 Å². The zero-order chi connectivity index (χ0) is 8.81. The maximum absolute atomic E-state index is 9.03. The van der Waals surface area contributed by atoms with Crippen LogP contribution in [-0.4, -0.2) is 18.3 Å². The van der Waals surface area contributed by atoms with Crippen molar-refractivity contribution in [3.8, 4) is 11.5 Å². The van der Waals surface area contributed by atoms with Crippen molar-refractivity contribution in [1.29, 1.82) is 0 Å². The molecule has 0 unspecified atom stereocenters. The molecule has 0 saturated heterocycles. The molecule has 66 valence electrons. The molecule has 1 aromatic carbocycles. The maximum atomic E-state index is 9.03. The molecule has 0 aliphatic rings.